The predicted octanol–water partition coefficient (Wildman–Crippen LogP) is 4.29. The summed E-state index contributed by atoms with van der Waals surface area (Å²) in [6.45, 7) is 0. The molecule has 38 heavy (non-hydrogen) atoms. The maximum Gasteiger partial charge on any atom is 0.282 e. The van der Waals surface area contributed by atoms with E-state index in [0.717, 1.165) is 42.5 Å². The van der Waals surface area contributed by atoms with Crippen LogP contribution in [0.25, 0.3) is 0 Å². The minimum atomic E-state index is -2.67. The molecular formula is C26H29F2N7O2S. The highest BCUT2D eigenvalue weighted by Gasteiger charge is 2.63. The molecule has 0 saturated heterocycles. The molecule has 2 N–H and O–H groups in total. The second-order valence-electron chi connectivity index (χ2n) is 11.3. The molecule has 3 heterocycles. The van der Waals surface area contributed by atoms with E-state index >= 15 is 0 Å². The fourth-order valence-electron chi connectivity index (χ4n) is 5.88. The number of carbonyl (C=O) groups is 2. The van der Waals surface area contributed by atoms with Gasteiger partial charge in [-0.1, -0.05) is 0 Å². The number of hydrogen-bond acceptors (Lipinski definition) is 7. The quantitative estimate of drug-likeness (QED) is 0.419. The number of anilines is 2. The number of carbonyl (C=O) groups excluding carboxylic acids is 2. The van der Waals surface area contributed by atoms with E-state index in [4.69, 9.17) is 0 Å². The normalized spacial score (nSPS) is 22.9. The molecule has 7 rings (SSSR count). The first-order chi connectivity index (χ1) is 18.3. The molecule has 1 spiro atoms. The summed E-state index contributed by atoms with van der Waals surface area (Å²) >= 11 is 1.62. The third-order valence-electron chi connectivity index (χ3n) is 8.62. The van der Waals surface area contributed by atoms with E-state index < -0.39 is 6.43 Å². The van der Waals surface area contributed by atoms with Crippen molar-refractivity contribution in [2.75, 3.05) is 5.32 Å². The van der Waals surface area contributed by atoms with E-state index in [-0.39, 0.29) is 35.4 Å². The number of nitrogens with zero attached hydrogens (tertiary/aromatic N) is 5. The van der Waals surface area contributed by atoms with Gasteiger partial charge in [-0.05, 0) is 62.3 Å². The number of rotatable bonds is 9. The summed E-state index contributed by atoms with van der Waals surface area (Å²) in [7, 11) is 1.59. The summed E-state index contributed by atoms with van der Waals surface area (Å²) in [6, 6.07) is 1.53. The number of fused-ring (bicyclic) bond motifs is 1. The van der Waals surface area contributed by atoms with E-state index in [0.29, 0.717) is 35.6 Å². The molecule has 200 valence electrons. The summed E-state index contributed by atoms with van der Waals surface area (Å²) in [5, 5.41) is 18.5. The standard InChI is InChI=1S/C26H29F2N7O2S/c1-34-21(9-16(33-34)23(27)28)31-25-32-29-12-35(25)14-4-5-18-15(8-14)22(19(38-18)10-17(36)13-2-3-13)24(37)30-20-11-26(20)6-7-26/h9,12-14,20,23H,2-8,10-11H2,1H3,(H,30,37)(H,31,32)/t14-,20-/m0/s1. The molecule has 4 aliphatic carbocycles. The molecule has 3 aromatic rings. The van der Waals surface area contributed by atoms with Gasteiger partial charge in [0, 0.05) is 47.3 Å². The average Bonchev–Trinajstić information content (AvgIpc) is 3.84. The Kier molecular flexibility index (Phi) is 5.47. The van der Waals surface area contributed by atoms with Gasteiger partial charge in [0.25, 0.3) is 12.3 Å². The first kappa shape index (κ1) is 23.9. The lowest BCUT2D eigenvalue weighted by molar-refractivity contribution is -0.119. The van der Waals surface area contributed by atoms with Crippen LogP contribution < -0.4 is 10.6 Å². The van der Waals surface area contributed by atoms with Crippen molar-refractivity contribution < 1.29 is 18.4 Å². The first-order valence-electron chi connectivity index (χ1n) is 13.3. The van der Waals surface area contributed by atoms with Crippen LogP contribution in [0.2, 0.25) is 0 Å². The van der Waals surface area contributed by atoms with Crippen molar-refractivity contribution in [2.45, 2.75) is 76.3 Å². The number of hydrogen-bond donors (Lipinski definition) is 2. The molecule has 3 fully saturated rings. The van der Waals surface area contributed by atoms with Gasteiger partial charge in [-0.15, -0.1) is 21.5 Å². The smallest absolute Gasteiger partial charge is 0.282 e. The molecule has 0 bridgehead atoms. The van der Waals surface area contributed by atoms with Crippen LogP contribution in [0.5, 0.6) is 0 Å². The number of halogens is 2. The minimum absolute atomic E-state index is 0.0216. The molecule has 0 unspecified atom stereocenters. The molecule has 9 nitrogen and oxygen atoms in total. The fraction of sp³-hybridized carbons (Fsp3) is 0.577. The number of ketones is 1. The van der Waals surface area contributed by atoms with Gasteiger partial charge in [0.1, 0.15) is 23.6 Å². The van der Waals surface area contributed by atoms with Crippen LogP contribution in [0.15, 0.2) is 12.4 Å². The topological polar surface area (TPSA) is 107 Å². The summed E-state index contributed by atoms with van der Waals surface area (Å²) in [5.74, 6) is 1.16. The predicted molar refractivity (Wildman–Crippen MR) is 136 cm³/mol. The zero-order chi connectivity index (χ0) is 26.2. The second kappa shape index (κ2) is 8.69. The molecule has 0 aromatic carbocycles. The first-order valence-corrected chi connectivity index (χ1v) is 14.1. The van der Waals surface area contributed by atoms with Gasteiger partial charge in [0.2, 0.25) is 5.95 Å². The van der Waals surface area contributed by atoms with E-state index in [1.54, 1.807) is 24.7 Å². The lowest BCUT2D eigenvalue weighted by Gasteiger charge is -2.25. The van der Waals surface area contributed by atoms with E-state index in [1.165, 1.54) is 28.5 Å². The number of nitrogens with one attached hydrogen (secondary N) is 2. The summed E-state index contributed by atoms with van der Waals surface area (Å²) < 4.78 is 29.5. The Labute approximate surface area is 222 Å². The van der Waals surface area contributed by atoms with Crippen molar-refractivity contribution in [1.82, 2.24) is 29.9 Å². The van der Waals surface area contributed by atoms with E-state index in [9.17, 15) is 18.4 Å². The van der Waals surface area contributed by atoms with Gasteiger partial charge in [-0.25, -0.2) is 8.78 Å². The molecular weight excluding hydrogens is 512 g/mol. The molecule has 4 aliphatic rings. The summed E-state index contributed by atoms with van der Waals surface area (Å²) in [6.07, 6.45) is 6.86. The van der Waals surface area contributed by atoms with Crippen molar-refractivity contribution in [3.8, 4) is 0 Å². The molecule has 0 aliphatic heterocycles. The van der Waals surface area contributed by atoms with Crippen LogP contribution in [0.3, 0.4) is 0 Å². The second-order valence-corrected chi connectivity index (χ2v) is 12.5. The number of alkyl halides is 2. The van der Waals surface area contributed by atoms with Crippen LogP contribution in [0.4, 0.5) is 20.5 Å². The van der Waals surface area contributed by atoms with Gasteiger partial charge in [-0.2, -0.15) is 5.10 Å². The maximum absolute atomic E-state index is 13.6. The zero-order valence-corrected chi connectivity index (χ0v) is 21.9. The number of Topliss-reactive ketones (excluding diaryl/α,β-unsaturated/α-hetero) is 1. The molecule has 2 atom stereocenters. The van der Waals surface area contributed by atoms with Crippen molar-refractivity contribution in [1.29, 1.82) is 0 Å². The lowest BCUT2D eigenvalue weighted by Crippen LogP contribution is -2.30. The average molecular weight is 542 g/mol. The van der Waals surface area contributed by atoms with Crippen LogP contribution in [0, 0.1) is 11.3 Å². The zero-order valence-electron chi connectivity index (χ0n) is 21.0. The third-order valence-corrected chi connectivity index (χ3v) is 9.91. The Hall–Kier alpha value is -3.15. The summed E-state index contributed by atoms with van der Waals surface area (Å²) in [5.41, 5.74) is 1.75. The Morgan fingerprint density at radius 1 is 1.26 bits per heavy atom. The van der Waals surface area contributed by atoms with E-state index in [2.05, 4.69) is 25.9 Å². The SMILES string of the molecule is Cn1nc(C(F)F)cc1Nc1nncn1[C@H]1CCc2sc(CC(=O)C3CC3)c(C(=O)N[C@H]3CC34CC4)c2C1. The summed E-state index contributed by atoms with van der Waals surface area (Å²) in [4.78, 5) is 28.4. The van der Waals surface area contributed by atoms with Crippen molar-refractivity contribution >= 4 is 34.8 Å². The Bertz CT molecular complexity index is 1440. The highest BCUT2D eigenvalue weighted by molar-refractivity contribution is 7.12. The molecule has 1 amide bonds. The highest BCUT2D eigenvalue weighted by atomic mass is 32.1. The van der Waals surface area contributed by atoms with E-state index in [1.807, 2.05) is 4.57 Å². The Morgan fingerprint density at radius 2 is 2.08 bits per heavy atom. The highest BCUT2D eigenvalue weighted by Crippen LogP contribution is 2.66. The lowest BCUT2D eigenvalue weighted by atomic mass is 9.90. The minimum Gasteiger partial charge on any atom is -0.349 e. The fourth-order valence-corrected chi connectivity index (χ4v) is 7.24. The Morgan fingerprint density at radius 3 is 2.76 bits per heavy atom. The van der Waals surface area contributed by atoms with Crippen LogP contribution in [0.1, 0.15) is 82.4 Å². The van der Waals surface area contributed by atoms with Gasteiger partial charge in [0.15, 0.2) is 0 Å². The third kappa shape index (κ3) is 4.22. The molecule has 3 aromatic heterocycles. The Balaban J connectivity index is 1.16. The maximum atomic E-state index is 13.6. The van der Waals surface area contributed by atoms with Crippen LogP contribution in [-0.4, -0.2) is 42.3 Å². The number of amides is 1. The van der Waals surface area contributed by atoms with Gasteiger partial charge < -0.3 is 10.6 Å². The van der Waals surface area contributed by atoms with Crippen molar-refractivity contribution in [2.24, 2.45) is 18.4 Å². The number of aryl methyl sites for hydroxylation is 2. The van der Waals surface area contributed by atoms with Crippen molar-refractivity contribution in [3.05, 3.63) is 39.0 Å². The molecule has 0 radical (unpaired) electrons. The van der Waals surface area contributed by atoms with Gasteiger partial charge in [-0.3, -0.25) is 18.8 Å². The van der Waals surface area contributed by atoms with Gasteiger partial charge in [0.05, 0.1) is 5.56 Å². The monoisotopic (exact) mass is 541 g/mol. The largest absolute Gasteiger partial charge is 0.349 e. The number of aromatic nitrogens is 5. The number of thiophene rings is 1. The molecule has 12 heteroatoms. The van der Waals surface area contributed by atoms with Gasteiger partial charge >= 0.3 is 0 Å². The van der Waals surface area contributed by atoms with Crippen molar-refractivity contribution in [3.63, 3.8) is 0 Å². The molecule has 3 saturated carbocycles. The van der Waals surface area contributed by atoms with Crippen LogP contribution in [-0.2, 0) is 31.1 Å². The van der Waals surface area contributed by atoms with Crippen LogP contribution >= 0.6 is 11.3 Å².